The van der Waals surface area contributed by atoms with E-state index in [0.717, 1.165) is 6.07 Å². The van der Waals surface area contributed by atoms with Crippen molar-refractivity contribution in [3.05, 3.63) is 32.5 Å². The molecule has 0 spiro atoms. The molecule has 0 saturated heterocycles. The predicted octanol–water partition coefficient (Wildman–Crippen LogP) is 3.16. The Bertz CT molecular complexity index is 534. The molecule has 0 aliphatic carbocycles. The molecule has 0 aliphatic rings. The predicted molar refractivity (Wildman–Crippen MR) is 70.7 cm³/mol. The lowest BCUT2D eigenvalue weighted by Crippen LogP contribution is -2.33. The molecular weight excluding hydrogens is 323 g/mol. The zero-order chi connectivity index (χ0) is 14.8. The van der Waals surface area contributed by atoms with Gasteiger partial charge in [0.2, 0.25) is 0 Å². The Kier molecular flexibility index (Phi) is 4.46. The first-order chi connectivity index (χ1) is 8.62. The molecule has 0 bridgehead atoms. The number of hydrogen-bond donors (Lipinski definition) is 2. The number of anilines is 1. The van der Waals surface area contributed by atoms with Crippen LogP contribution in [0.4, 0.5) is 15.8 Å². The van der Waals surface area contributed by atoms with Crippen molar-refractivity contribution in [3.63, 3.8) is 0 Å². The summed E-state index contributed by atoms with van der Waals surface area (Å²) in [6, 6.07) is 2.00. The molecule has 1 aromatic rings. The molecule has 0 fully saturated rings. The van der Waals surface area contributed by atoms with Crippen LogP contribution in [0, 0.1) is 15.9 Å². The summed E-state index contributed by atoms with van der Waals surface area (Å²) in [5, 5.41) is 22.4. The average molecular weight is 335 g/mol. The number of carboxylic acid groups (broad SMARTS) is 1. The Hall–Kier alpha value is -1.70. The monoisotopic (exact) mass is 334 g/mol. The van der Waals surface area contributed by atoms with Crippen molar-refractivity contribution >= 4 is 33.3 Å². The van der Waals surface area contributed by atoms with Gasteiger partial charge in [-0.05, 0) is 35.8 Å². The highest BCUT2D eigenvalue weighted by Crippen LogP contribution is 2.33. The Balaban J connectivity index is 3.16. The number of nitro groups is 1. The molecule has 0 radical (unpaired) electrons. The summed E-state index contributed by atoms with van der Waals surface area (Å²) in [6.07, 6.45) is -0.237. The smallest absolute Gasteiger partial charge is 0.305 e. The lowest BCUT2D eigenvalue weighted by molar-refractivity contribution is -0.384. The van der Waals surface area contributed by atoms with E-state index in [0.29, 0.717) is 0 Å². The fourth-order valence-electron chi connectivity index (χ4n) is 1.57. The summed E-state index contributed by atoms with van der Waals surface area (Å²) in [4.78, 5) is 20.8. The van der Waals surface area contributed by atoms with Gasteiger partial charge in [-0.25, -0.2) is 4.39 Å². The Labute approximate surface area is 116 Å². The van der Waals surface area contributed by atoms with E-state index in [1.165, 1.54) is 6.07 Å². The molecule has 0 saturated carbocycles. The highest BCUT2D eigenvalue weighted by molar-refractivity contribution is 9.10. The van der Waals surface area contributed by atoms with Gasteiger partial charge in [-0.3, -0.25) is 14.9 Å². The van der Waals surface area contributed by atoms with Gasteiger partial charge in [0, 0.05) is 5.54 Å². The Morgan fingerprint density at radius 2 is 2.16 bits per heavy atom. The van der Waals surface area contributed by atoms with Crippen molar-refractivity contribution < 1.29 is 19.2 Å². The molecule has 0 atom stereocenters. The van der Waals surface area contributed by atoms with Crippen molar-refractivity contribution in [3.8, 4) is 0 Å². The lowest BCUT2D eigenvalue weighted by atomic mass is 10.00. The normalized spacial score (nSPS) is 11.2. The van der Waals surface area contributed by atoms with Gasteiger partial charge >= 0.3 is 5.97 Å². The van der Waals surface area contributed by atoms with Crippen LogP contribution in [0.5, 0.6) is 0 Å². The molecule has 0 heterocycles. The van der Waals surface area contributed by atoms with E-state index in [9.17, 15) is 19.3 Å². The zero-order valence-corrected chi connectivity index (χ0v) is 11.8. The lowest BCUT2D eigenvalue weighted by Gasteiger charge is -2.25. The molecule has 0 aromatic heterocycles. The van der Waals surface area contributed by atoms with E-state index in [1.807, 2.05) is 0 Å². The second kappa shape index (κ2) is 5.52. The summed E-state index contributed by atoms with van der Waals surface area (Å²) in [7, 11) is 0. The average Bonchev–Trinajstić information content (AvgIpc) is 2.19. The maximum absolute atomic E-state index is 13.3. The first-order valence-corrected chi connectivity index (χ1v) is 6.05. The molecule has 6 nitrogen and oxygen atoms in total. The van der Waals surface area contributed by atoms with Crippen molar-refractivity contribution in [2.24, 2.45) is 0 Å². The third-order valence-corrected chi connectivity index (χ3v) is 2.91. The summed E-state index contributed by atoms with van der Waals surface area (Å²) in [6.45, 7) is 3.17. The molecule has 0 aliphatic heterocycles. The summed E-state index contributed by atoms with van der Waals surface area (Å²) < 4.78 is 13.4. The first-order valence-electron chi connectivity index (χ1n) is 5.26. The molecule has 1 aromatic carbocycles. The molecular formula is C11H12BrFN2O4. The number of benzene rings is 1. The largest absolute Gasteiger partial charge is 0.481 e. The van der Waals surface area contributed by atoms with E-state index in [-0.39, 0.29) is 16.6 Å². The van der Waals surface area contributed by atoms with Crippen LogP contribution in [0.15, 0.2) is 16.6 Å². The number of nitro benzene ring substituents is 1. The quantitative estimate of drug-likeness (QED) is 0.637. The number of halogens is 2. The van der Waals surface area contributed by atoms with Crippen LogP contribution >= 0.6 is 15.9 Å². The van der Waals surface area contributed by atoms with Gasteiger partial charge in [-0.2, -0.15) is 0 Å². The van der Waals surface area contributed by atoms with E-state index in [2.05, 4.69) is 21.2 Å². The SMILES string of the molecule is CC(C)(CC(=O)O)Nc1cc(Br)c(F)cc1[N+](=O)[O-]. The van der Waals surface area contributed by atoms with Crippen LogP contribution in [0.25, 0.3) is 0 Å². The third kappa shape index (κ3) is 4.16. The molecule has 0 unspecified atom stereocenters. The van der Waals surface area contributed by atoms with Gasteiger partial charge in [-0.1, -0.05) is 0 Å². The third-order valence-electron chi connectivity index (χ3n) is 2.30. The van der Waals surface area contributed by atoms with E-state index >= 15 is 0 Å². The number of rotatable bonds is 5. The minimum absolute atomic E-state index is 0.0597. The number of hydrogen-bond acceptors (Lipinski definition) is 4. The maximum Gasteiger partial charge on any atom is 0.305 e. The van der Waals surface area contributed by atoms with Crippen molar-refractivity contribution in [1.29, 1.82) is 0 Å². The van der Waals surface area contributed by atoms with Crippen LogP contribution in [0.2, 0.25) is 0 Å². The van der Waals surface area contributed by atoms with Crippen LogP contribution < -0.4 is 5.32 Å². The van der Waals surface area contributed by atoms with Gasteiger partial charge in [0.1, 0.15) is 11.5 Å². The van der Waals surface area contributed by atoms with Gasteiger partial charge in [0.05, 0.1) is 21.9 Å². The van der Waals surface area contributed by atoms with Gasteiger partial charge in [0.25, 0.3) is 5.69 Å². The summed E-state index contributed by atoms with van der Waals surface area (Å²) in [5.41, 5.74) is -1.29. The van der Waals surface area contributed by atoms with Crippen LogP contribution in [0.1, 0.15) is 20.3 Å². The number of nitrogens with one attached hydrogen (secondary N) is 1. The molecule has 19 heavy (non-hydrogen) atoms. The van der Waals surface area contributed by atoms with E-state index < -0.39 is 27.9 Å². The molecule has 8 heteroatoms. The zero-order valence-electron chi connectivity index (χ0n) is 10.2. The molecule has 104 valence electrons. The summed E-state index contributed by atoms with van der Waals surface area (Å²) in [5.74, 6) is -1.80. The summed E-state index contributed by atoms with van der Waals surface area (Å²) >= 11 is 2.93. The van der Waals surface area contributed by atoms with Crippen LogP contribution in [-0.4, -0.2) is 21.5 Å². The first kappa shape index (κ1) is 15.4. The van der Waals surface area contributed by atoms with E-state index in [1.54, 1.807) is 13.8 Å². The second-order valence-corrected chi connectivity index (χ2v) is 5.47. The minimum Gasteiger partial charge on any atom is -0.481 e. The highest BCUT2D eigenvalue weighted by Gasteiger charge is 2.26. The number of carbonyl (C=O) groups is 1. The molecule has 0 amide bonds. The number of aliphatic carboxylic acids is 1. The van der Waals surface area contributed by atoms with Crippen molar-refractivity contribution in [1.82, 2.24) is 0 Å². The Morgan fingerprint density at radius 3 is 2.63 bits per heavy atom. The second-order valence-electron chi connectivity index (χ2n) is 4.62. The fraction of sp³-hybridized carbons (Fsp3) is 0.364. The molecule has 2 N–H and O–H groups in total. The standard InChI is InChI=1S/C11H12BrFN2O4/c1-11(2,5-10(16)17)14-8-3-6(12)7(13)4-9(8)15(18)19/h3-4,14H,5H2,1-2H3,(H,16,17). The number of nitrogens with zero attached hydrogens (tertiary/aromatic N) is 1. The van der Waals surface area contributed by atoms with Gasteiger partial charge in [0.15, 0.2) is 0 Å². The van der Waals surface area contributed by atoms with Gasteiger partial charge in [-0.15, -0.1) is 0 Å². The topological polar surface area (TPSA) is 92.5 Å². The van der Waals surface area contributed by atoms with Gasteiger partial charge < -0.3 is 10.4 Å². The Morgan fingerprint density at radius 1 is 1.58 bits per heavy atom. The molecule has 1 rings (SSSR count). The minimum atomic E-state index is -1.04. The van der Waals surface area contributed by atoms with Crippen molar-refractivity contribution in [2.45, 2.75) is 25.8 Å². The van der Waals surface area contributed by atoms with Crippen LogP contribution in [0.3, 0.4) is 0 Å². The maximum atomic E-state index is 13.3. The van der Waals surface area contributed by atoms with Crippen molar-refractivity contribution in [2.75, 3.05) is 5.32 Å². The fourth-order valence-corrected chi connectivity index (χ4v) is 1.92. The van der Waals surface area contributed by atoms with E-state index in [4.69, 9.17) is 5.11 Å². The number of carboxylic acids is 1. The van der Waals surface area contributed by atoms with Crippen LogP contribution in [-0.2, 0) is 4.79 Å². The highest BCUT2D eigenvalue weighted by atomic mass is 79.9.